The first-order valence-electron chi connectivity index (χ1n) is 13.3. The molecule has 2 heterocycles. The van der Waals surface area contributed by atoms with Crippen LogP contribution < -0.4 is 10.1 Å². The monoisotopic (exact) mass is 560 g/mol. The molecule has 1 aliphatic heterocycles. The van der Waals surface area contributed by atoms with Crippen LogP contribution in [0.25, 0.3) is 11.3 Å². The smallest absolute Gasteiger partial charge is 0.262 e. The van der Waals surface area contributed by atoms with Crippen molar-refractivity contribution in [1.82, 2.24) is 4.98 Å². The van der Waals surface area contributed by atoms with Gasteiger partial charge in [0.2, 0.25) is 0 Å². The molecular weight excluding hydrogens is 528 g/mol. The lowest BCUT2D eigenvalue weighted by molar-refractivity contribution is -0.118. The summed E-state index contributed by atoms with van der Waals surface area (Å²) in [6.45, 7) is 7.05. The van der Waals surface area contributed by atoms with Crippen molar-refractivity contribution in [1.29, 1.82) is 0 Å². The van der Waals surface area contributed by atoms with Gasteiger partial charge in [-0.25, -0.2) is 4.98 Å². The van der Waals surface area contributed by atoms with E-state index in [0.29, 0.717) is 35.8 Å². The number of nitrogens with zero attached hydrogens (tertiary/aromatic N) is 1. The van der Waals surface area contributed by atoms with E-state index in [2.05, 4.69) is 42.3 Å². The maximum absolute atomic E-state index is 12.7. The van der Waals surface area contributed by atoms with Gasteiger partial charge in [-0.1, -0.05) is 61.8 Å². The fraction of sp³-hybridized carbons (Fsp3) is 0.312. The van der Waals surface area contributed by atoms with Gasteiger partial charge in [-0.2, -0.15) is 0 Å². The van der Waals surface area contributed by atoms with Crippen LogP contribution in [0.15, 0.2) is 78.2 Å². The van der Waals surface area contributed by atoms with Crippen molar-refractivity contribution in [3.8, 4) is 17.0 Å². The molecule has 1 saturated heterocycles. The molecule has 39 heavy (non-hydrogen) atoms. The molecular formula is C32H33ClN2O3S. The van der Waals surface area contributed by atoms with Gasteiger partial charge in [0.1, 0.15) is 5.75 Å². The number of hydrogen-bond acceptors (Lipinski definition) is 5. The highest BCUT2D eigenvalue weighted by Crippen LogP contribution is 2.44. The number of amides is 1. The first kappa shape index (κ1) is 27.4. The van der Waals surface area contributed by atoms with Crippen LogP contribution in [-0.2, 0) is 9.53 Å². The van der Waals surface area contributed by atoms with Gasteiger partial charge in [0.25, 0.3) is 5.91 Å². The molecule has 5 nitrogen and oxygen atoms in total. The van der Waals surface area contributed by atoms with Crippen LogP contribution in [0.5, 0.6) is 5.75 Å². The summed E-state index contributed by atoms with van der Waals surface area (Å²) in [6, 6.07) is 23.7. The minimum Gasteiger partial charge on any atom is -0.484 e. The Morgan fingerprint density at radius 3 is 2.64 bits per heavy atom. The molecule has 1 fully saturated rings. The minimum atomic E-state index is -0.216. The summed E-state index contributed by atoms with van der Waals surface area (Å²) < 4.78 is 12.4. The minimum absolute atomic E-state index is 0.0250. The number of carbonyl (C=O) groups is 1. The normalized spacial score (nSPS) is 19.2. The Morgan fingerprint density at radius 2 is 1.90 bits per heavy atom. The van der Waals surface area contributed by atoms with Crippen molar-refractivity contribution >= 4 is 34.5 Å². The van der Waals surface area contributed by atoms with E-state index in [4.69, 9.17) is 21.1 Å². The third-order valence-corrected chi connectivity index (χ3v) is 8.26. The molecule has 0 saturated carbocycles. The van der Waals surface area contributed by atoms with Gasteiger partial charge >= 0.3 is 0 Å². The third-order valence-electron chi connectivity index (χ3n) is 7.24. The Balaban J connectivity index is 1.21. The van der Waals surface area contributed by atoms with Gasteiger partial charge in [-0.15, -0.1) is 11.3 Å². The summed E-state index contributed by atoms with van der Waals surface area (Å²) >= 11 is 7.70. The molecule has 3 atom stereocenters. The number of aryl methyl sites for hydroxylation is 1. The van der Waals surface area contributed by atoms with E-state index in [1.54, 1.807) is 11.3 Å². The number of hydrogen-bond donors (Lipinski definition) is 1. The van der Waals surface area contributed by atoms with E-state index >= 15 is 0 Å². The molecule has 0 aliphatic carbocycles. The van der Waals surface area contributed by atoms with Crippen molar-refractivity contribution in [2.24, 2.45) is 11.8 Å². The largest absolute Gasteiger partial charge is 0.484 e. The first-order valence-corrected chi connectivity index (χ1v) is 14.5. The lowest BCUT2D eigenvalue weighted by Crippen LogP contribution is -2.31. The number of rotatable bonds is 8. The van der Waals surface area contributed by atoms with Crippen LogP contribution >= 0.6 is 22.9 Å². The zero-order chi connectivity index (χ0) is 27.4. The fourth-order valence-corrected chi connectivity index (χ4v) is 5.92. The van der Waals surface area contributed by atoms with E-state index in [9.17, 15) is 4.79 Å². The molecule has 5 rings (SSSR count). The van der Waals surface area contributed by atoms with E-state index in [0.717, 1.165) is 33.3 Å². The summed E-state index contributed by atoms with van der Waals surface area (Å²) in [5.41, 5.74) is 4.93. The fourth-order valence-electron chi connectivity index (χ4n) is 5.18. The number of benzene rings is 3. The Hall–Kier alpha value is -3.19. The molecule has 0 bridgehead atoms. The van der Waals surface area contributed by atoms with Crippen molar-refractivity contribution in [2.75, 3.05) is 18.5 Å². The Labute approximate surface area is 239 Å². The number of carbonyl (C=O) groups excluding carboxylic acids is 1. The molecule has 0 spiro atoms. The highest BCUT2D eigenvalue weighted by atomic mass is 35.5. The lowest BCUT2D eigenvalue weighted by atomic mass is 9.76. The maximum Gasteiger partial charge on any atom is 0.262 e. The Bertz CT molecular complexity index is 1420. The lowest BCUT2D eigenvalue weighted by Gasteiger charge is -2.39. The van der Waals surface area contributed by atoms with Crippen molar-refractivity contribution in [3.05, 3.63) is 99.3 Å². The predicted molar refractivity (Wildman–Crippen MR) is 159 cm³/mol. The van der Waals surface area contributed by atoms with Crippen LogP contribution in [0.1, 0.15) is 48.4 Å². The molecule has 1 aliphatic rings. The van der Waals surface area contributed by atoms with Crippen LogP contribution in [0, 0.1) is 18.8 Å². The van der Waals surface area contributed by atoms with Crippen LogP contribution in [-0.4, -0.2) is 24.1 Å². The third kappa shape index (κ3) is 6.88. The van der Waals surface area contributed by atoms with Crippen molar-refractivity contribution < 1.29 is 14.3 Å². The zero-order valence-corrected chi connectivity index (χ0v) is 24.0. The topological polar surface area (TPSA) is 60.5 Å². The van der Waals surface area contributed by atoms with Gasteiger partial charge in [-0.3, -0.25) is 4.79 Å². The predicted octanol–water partition coefficient (Wildman–Crippen LogP) is 8.31. The molecule has 0 unspecified atom stereocenters. The summed E-state index contributed by atoms with van der Waals surface area (Å²) in [7, 11) is 0. The van der Waals surface area contributed by atoms with Crippen LogP contribution in [0.3, 0.4) is 0 Å². The number of halogens is 1. The van der Waals surface area contributed by atoms with Gasteiger partial charge in [0, 0.05) is 27.6 Å². The van der Waals surface area contributed by atoms with Crippen LogP contribution in [0.4, 0.5) is 5.69 Å². The van der Waals surface area contributed by atoms with Gasteiger partial charge in [0.15, 0.2) is 6.61 Å². The van der Waals surface area contributed by atoms with E-state index in [1.807, 2.05) is 66.9 Å². The number of ether oxygens (including phenoxy) is 2. The van der Waals surface area contributed by atoms with Crippen molar-refractivity contribution in [2.45, 2.75) is 39.2 Å². The Kier molecular flexibility index (Phi) is 8.66. The van der Waals surface area contributed by atoms with Crippen molar-refractivity contribution in [3.63, 3.8) is 0 Å². The molecule has 1 aromatic heterocycles. The standard InChI is InChI=1S/C32H33ClN2O3S/c1-20(2)29-16-25(22-10-12-26(33)13-11-22)17-38-32(29)24-7-5-9-28(15-24)37-18-31(36)35-27-8-4-6-23(14-27)30-19-39-21(3)34-30/h4-15,19-20,25,29,32H,16-18H2,1-3H3,(H,35,36)/t25-,29-,32-/m0/s1. The quantitative estimate of drug-likeness (QED) is 0.235. The van der Waals surface area contributed by atoms with E-state index in [-0.39, 0.29) is 18.6 Å². The average Bonchev–Trinajstić information content (AvgIpc) is 3.38. The summed E-state index contributed by atoms with van der Waals surface area (Å²) in [4.78, 5) is 17.2. The molecule has 0 radical (unpaired) electrons. The Morgan fingerprint density at radius 1 is 1.10 bits per heavy atom. The SMILES string of the molecule is Cc1nc(-c2cccc(NC(=O)COc3cccc([C@@H]4OC[C@@H](c5ccc(Cl)cc5)C[C@H]4C(C)C)c3)c2)cs1. The molecule has 3 aromatic carbocycles. The highest BCUT2D eigenvalue weighted by molar-refractivity contribution is 7.09. The zero-order valence-electron chi connectivity index (χ0n) is 22.4. The molecule has 4 aromatic rings. The second-order valence-corrected chi connectivity index (χ2v) is 11.9. The number of nitrogens with one attached hydrogen (secondary N) is 1. The van der Waals surface area contributed by atoms with E-state index < -0.39 is 0 Å². The highest BCUT2D eigenvalue weighted by Gasteiger charge is 2.35. The second-order valence-electron chi connectivity index (χ2n) is 10.4. The van der Waals surface area contributed by atoms with E-state index in [1.165, 1.54) is 5.56 Å². The van der Waals surface area contributed by atoms with Crippen LogP contribution in [0.2, 0.25) is 5.02 Å². The maximum atomic E-state index is 12.7. The molecule has 1 amide bonds. The molecule has 1 N–H and O–H groups in total. The number of aromatic nitrogens is 1. The van der Waals surface area contributed by atoms with Gasteiger partial charge in [-0.05, 0) is 72.7 Å². The van der Waals surface area contributed by atoms with Gasteiger partial charge < -0.3 is 14.8 Å². The summed E-state index contributed by atoms with van der Waals surface area (Å²) in [6.07, 6.45) is 1.01. The first-order chi connectivity index (χ1) is 18.9. The molecule has 7 heteroatoms. The number of thiazole rings is 1. The number of anilines is 1. The second kappa shape index (κ2) is 12.3. The van der Waals surface area contributed by atoms with Gasteiger partial charge in [0.05, 0.1) is 23.4 Å². The summed E-state index contributed by atoms with van der Waals surface area (Å²) in [5.74, 6) is 1.58. The summed E-state index contributed by atoms with van der Waals surface area (Å²) in [5, 5.41) is 6.71. The average molecular weight is 561 g/mol. The molecule has 202 valence electrons.